The first-order chi connectivity index (χ1) is 7.75. The normalized spacial score (nSPS) is 15.6. The zero-order chi connectivity index (χ0) is 11.4. The summed E-state index contributed by atoms with van der Waals surface area (Å²) in [5.74, 6) is 1.64. The molecule has 0 bridgehead atoms. The third-order valence-electron chi connectivity index (χ3n) is 2.47. The van der Waals surface area contributed by atoms with E-state index in [0.717, 1.165) is 30.2 Å². The Morgan fingerprint density at radius 3 is 2.81 bits per heavy atom. The zero-order valence-corrected chi connectivity index (χ0v) is 9.53. The Balaban J connectivity index is 1.95. The first kappa shape index (κ1) is 11.1. The standard InChI is InChI=1S/C12H18N2O2/c1-9(13)4-5-14-10-2-3-11-12(8-10)16-7-6-15-11/h2-3,8-9,14H,4-7,13H2,1H3. The van der Waals surface area contributed by atoms with Gasteiger partial charge in [-0.05, 0) is 25.5 Å². The molecule has 0 spiro atoms. The van der Waals surface area contributed by atoms with E-state index in [-0.39, 0.29) is 6.04 Å². The first-order valence-corrected chi connectivity index (χ1v) is 5.65. The van der Waals surface area contributed by atoms with Crippen molar-refractivity contribution in [3.05, 3.63) is 18.2 Å². The molecule has 0 aromatic heterocycles. The van der Waals surface area contributed by atoms with Crippen LogP contribution in [0.4, 0.5) is 5.69 Å². The molecular formula is C12H18N2O2. The Bertz CT molecular complexity index is 353. The molecule has 0 saturated heterocycles. The lowest BCUT2D eigenvalue weighted by atomic mass is 10.2. The predicted octanol–water partition coefficient (Wildman–Crippen LogP) is 1.61. The summed E-state index contributed by atoms with van der Waals surface area (Å²) in [6.45, 7) is 4.13. The number of anilines is 1. The fourth-order valence-electron chi connectivity index (χ4n) is 1.60. The van der Waals surface area contributed by atoms with Crippen molar-refractivity contribution in [3.63, 3.8) is 0 Å². The molecule has 1 heterocycles. The average molecular weight is 222 g/mol. The van der Waals surface area contributed by atoms with Crippen LogP contribution < -0.4 is 20.5 Å². The highest BCUT2D eigenvalue weighted by atomic mass is 16.6. The maximum atomic E-state index is 5.68. The molecule has 16 heavy (non-hydrogen) atoms. The average Bonchev–Trinajstić information content (AvgIpc) is 2.28. The number of rotatable bonds is 4. The fourth-order valence-corrected chi connectivity index (χ4v) is 1.60. The van der Waals surface area contributed by atoms with Crippen molar-refractivity contribution in [1.82, 2.24) is 0 Å². The molecule has 4 nitrogen and oxygen atoms in total. The molecule has 0 aliphatic carbocycles. The smallest absolute Gasteiger partial charge is 0.163 e. The van der Waals surface area contributed by atoms with Crippen LogP contribution in [0.3, 0.4) is 0 Å². The SMILES string of the molecule is CC(N)CCNc1ccc2c(c1)OCCO2. The molecule has 3 N–H and O–H groups in total. The van der Waals surface area contributed by atoms with Gasteiger partial charge in [0, 0.05) is 24.3 Å². The molecule has 1 unspecified atom stereocenters. The van der Waals surface area contributed by atoms with Gasteiger partial charge in [-0.25, -0.2) is 0 Å². The molecule has 1 aliphatic rings. The van der Waals surface area contributed by atoms with Gasteiger partial charge in [-0.2, -0.15) is 0 Å². The van der Waals surface area contributed by atoms with Gasteiger partial charge >= 0.3 is 0 Å². The van der Waals surface area contributed by atoms with Crippen LogP contribution in [0, 0.1) is 0 Å². The van der Waals surface area contributed by atoms with Gasteiger partial charge in [0.2, 0.25) is 0 Å². The highest BCUT2D eigenvalue weighted by Crippen LogP contribution is 2.32. The van der Waals surface area contributed by atoms with E-state index < -0.39 is 0 Å². The molecule has 1 aliphatic heterocycles. The highest BCUT2D eigenvalue weighted by molar-refractivity contribution is 5.55. The van der Waals surface area contributed by atoms with Crippen molar-refractivity contribution in [2.75, 3.05) is 25.1 Å². The van der Waals surface area contributed by atoms with E-state index in [9.17, 15) is 0 Å². The summed E-state index contributed by atoms with van der Waals surface area (Å²) >= 11 is 0. The van der Waals surface area contributed by atoms with Gasteiger partial charge in [-0.1, -0.05) is 0 Å². The van der Waals surface area contributed by atoms with E-state index >= 15 is 0 Å². The minimum Gasteiger partial charge on any atom is -0.486 e. The van der Waals surface area contributed by atoms with Crippen molar-refractivity contribution in [2.24, 2.45) is 5.73 Å². The molecule has 0 radical (unpaired) electrons. The van der Waals surface area contributed by atoms with Crippen molar-refractivity contribution in [3.8, 4) is 11.5 Å². The summed E-state index contributed by atoms with van der Waals surface area (Å²) in [5.41, 5.74) is 6.73. The molecule has 1 aromatic rings. The van der Waals surface area contributed by atoms with Crippen LogP contribution in [0.15, 0.2) is 18.2 Å². The maximum absolute atomic E-state index is 5.68. The van der Waals surface area contributed by atoms with Gasteiger partial charge in [-0.15, -0.1) is 0 Å². The second-order valence-electron chi connectivity index (χ2n) is 4.05. The Hall–Kier alpha value is -1.42. The first-order valence-electron chi connectivity index (χ1n) is 5.65. The van der Waals surface area contributed by atoms with Crippen LogP contribution in [0.5, 0.6) is 11.5 Å². The highest BCUT2D eigenvalue weighted by Gasteiger charge is 2.11. The number of ether oxygens (including phenoxy) is 2. The van der Waals surface area contributed by atoms with Crippen LogP contribution in [-0.2, 0) is 0 Å². The lowest BCUT2D eigenvalue weighted by molar-refractivity contribution is 0.171. The molecule has 4 heteroatoms. The minimum atomic E-state index is 0.227. The van der Waals surface area contributed by atoms with Crippen molar-refractivity contribution >= 4 is 5.69 Å². The Morgan fingerprint density at radius 1 is 1.31 bits per heavy atom. The van der Waals surface area contributed by atoms with Crippen molar-refractivity contribution in [1.29, 1.82) is 0 Å². The summed E-state index contributed by atoms with van der Waals surface area (Å²) in [6, 6.07) is 6.12. The third kappa shape index (κ3) is 2.79. The van der Waals surface area contributed by atoms with Gasteiger partial charge in [-0.3, -0.25) is 0 Å². The van der Waals surface area contributed by atoms with Crippen LogP contribution >= 0.6 is 0 Å². The van der Waals surface area contributed by atoms with Gasteiger partial charge in [0.25, 0.3) is 0 Å². The second kappa shape index (κ2) is 5.07. The van der Waals surface area contributed by atoms with Gasteiger partial charge in [0.05, 0.1) is 0 Å². The van der Waals surface area contributed by atoms with Gasteiger partial charge in [0.15, 0.2) is 11.5 Å². The minimum absolute atomic E-state index is 0.227. The van der Waals surface area contributed by atoms with Gasteiger partial charge in [0.1, 0.15) is 13.2 Å². The van der Waals surface area contributed by atoms with E-state index in [2.05, 4.69) is 5.32 Å². The number of nitrogens with one attached hydrogen (secondary N) is 1. The van der Waals surface area contributed by atoms with Crippen molar-refractivity contribution < 1.29 is 9.47 Å². The van der Waals surface area contributed by atoms with E-state index in [4.69, 9.17) is 15.2 Å². The maximum Gasteiger partial charge on any atom is 0.163 e. The van der Waals surface area contributed by atoms with Gasteiger partial charge < -0.3 is 20.5 Å². The van der Waals surface area contributed by atoms with Crippen LogP contribution in [0.2, 0.25) is 0 Å². The monoisotopic (exact) mass is 222 g/mol. The van der Waals surface area contributed by atoms with E-state index in [1.807, 2.05) is 25.1 Å². The Kier molecular flexibility index (Phi) is 3.51. The van der Waals surface area contributed by atoms with Crippen LogP contribution in [0.25, 0.3) is 0 Å². The number of hydrogen-bond acceptors (Lipinski definition) is 4. The van der Waals surface area contributed by atoms with E-state index in [0.29, 0.717) is 13.2 Å². The molecule has 0 saturated carbocycles. The summed E-state index contributed by atoms with van der Waals surface area (Å²) in [7, 11) is 0. The number of fused-ring (bicyclic) bond motifs is 1. The lowest BCUT2D eigenvalue weighted by Crippen LogP contribution is -2.19. The third-order valence-corrected chi connectivity index (χ3v) is 2.47. The van der Waals surface area contributed by atoms with Crippen LogP contribution in [0.1, 0.15) is 13.3 Å². The molecule has 88 valence electrons. The largest absolute Gasteiger partial charge is 0.486 e. The Morgan fingerprint density at radius 2 is 2.06 bits per heavy atom. The molecule has 0 amide bonds. The molecule has 2 rings (SSSR count). The summed E-state index contributed by atoms with van der Waals surface area (Å²) < 4.78 is 11.0. The molecule has 0 fully saturated rings. The lowest BCUT2D eigenvalue weighted by Gasteiger charge is -2.19. The Labute approximate surface area is 95.7 Å². The summed E-state index contributed by atoms with van der Waals surface area (Å²) in [6.07, 6.45) is 0.953. The molecular weight excluding hydrogens is 204 g/mol. The second-order valence-corrected chi connectivity index (χ2v) is 4.05. The summed E-state index contributed by atoms with van der Waals surface area (Å²) in [4.78, 5) is 0. The molecule has 1 atom stereocenters. The van der Waals surface area contributed by atoms with Crippen LogP contribution in [-0.4, -0.2) is 25.8 Å². The number of hydrogen-bond donors (Lipinski definition) is 2. The quantitative estimate of drug-likeness (QED) is 0.812. The predicted molar refractivity (Wildman–Crippen MR) is 64.2 cm³/mol. The number of nitrogens with two attached hydrogens (primary N) is 1. The summed E-state index contributed by atoms with van der Waals surface area (Å²) in [5, 5.41) is 3.31. The molecule has 1 aromatic carbocycles. The van der Waals surface area contributed by atoms with Crippen molar-refractivity contribution in [2.45, 2.75) is 19.4 Å². The zero-order valence-electron chi connectivity index (χ0n) is 9.53. The van der Waals surface area contributed by atoms with E-state index in [1.165, 1.54) is 0 Å². The topological polar surface area (TPSA) is 56.5 Å². The van der Waals surface area contributed by atoms with E-state index in [1.54, 1.807) is 0 Å². The number of benzene rings is 1. The fraction of sp³-hybridized carbons (Fsp3) is 0.500.